The van der Waals surface area contributed by atoms with Crippen LogP contribution in [0.5, 0.6) is 0 Å². The minimum Gasteiger partial charge on any atom is -0.436 e. The maximum Gasteiger partial charge on any atom is 0.228 e. The number of rotatable bonds is 6. The quantitative estimate of drug-likeness (QED) is 0.156. The summed E-state index contributed by atoms with van der Waals surface area (Å²) in [6.45, 7) is 0. The minimum absolute atomic E-state index is 0.0492. The number of para-hydroxylation sites is 4. The van der Waals surface area contributed by atoms with Crippen molar-refractivity contribution in [2.24, 2.45) is 23.7 Å². The van der Waals surface area contributed by atoms with Crippen molar-refractivity contribution in [3.05, 3.63) is 205 Å². The van der Waals surface area contributed by atoms with Crippen molar-refractivity contribution in [3.8, 4) is 45.2 Å². The van der Waals surface area contributed by atoms with E-state index in [2.05, 4.69) is 146 Å². The monoisotopic (exact) mass is 874 g/mol. The summed E-state index contributed by atoms with van der Waals surface area (Å²) in [4.78, 5) is 10.0. The average Bonchev–Trinajstić information content (AvgIpc) is 4.02. The van der Waals surface area contributed by atoms with E-state index >= 15 is 0 Å². The zero-order valence-electron chi connectivity index (χ0n) is 37.5. The number of benzene rings is 10. The summed E-state index contributed by atoms with van der Waals surface area (Å²) in [6.07, 6.45) is 6.68. The van der Waals surface area contributed by atoms with Crippen LogP contribution in [0.1, 0.15) is 43.2 Å². The number of fused-ring (bicyclic) bond motifs is 6. The Bertz CT molecular complexity index is 3540. The van der Waals surface area contributed by atoms with E-state index < -0.39 is 0 Å². The number of hydrogen-bond acceptors (Lipinski definition) is 4. The SMILES string of the molecule is c1ccc2oc(-c3c4ccccc4c(-c4ccc(C5(c6ccc(-c7c8ccccc8c(-c8nc9ccccc9o8)c8ccccc78)cc6)C6CC7CC(C6)CC5C7)cc4)c4ccccc34)nc2c1. The molecular weight excluding hydrogens is 829 g/mol. The van der Waals surface area contributed by atoms with E-state index in [4.69, 9.17) is 18.8 Å². The van der Waals surface area contributed by atoms with Gasteiger partial charge >= 0.3 is 0 Å². The lowest BCUT2D eigenvalue weighted by molar-refractivity contribution is -0.0418. The lowest BCUT2D eigenvalue weighted by atomic mass is 9.42. The molecule has 4 heteroatoms. The zero-order chi connectivity index (χ0) is 44.5. The Morgan fingerprint density at radius 1 is 0.324 bits per heavy atom. The normalized spacial score (nSPS) is 19.6. The van der Waals surface area contributed by atoms with Gasteiger partial charge in [-0.1, -0.05) is 170 Å². The van der Waals surface area contributed by atoms with Gasteiger partial charge in [0.1, 0.15) is 11.0 Å². The van der Waals surface area contributed by atoms with Gasteiger partial charge in [-0.15, -0.1) is 0 Å². The van der Waals surface area contributed by atoms with E-state index in [1.54, 1.807) is 0 Å². The summed E-state index contributed by atoms with van der Waals surface area (Å²) in [6, 6.07) is 71.1. The van der Waals surface area contributed by atoms with E-state index in [0.29, 0.717) is 23.6 Å². The first-order valence-electron chi connectivity index (χ1n) is 24.5. The molecule has 0 spiro atoms. The van der Waals surface area contributed by atoms with E-state index in [9.17, 15) is 0 Å². The Hall–Kier alpha value is -7.82. The molecule has 0 unspecified atom stereocenters. The third-order valence-corrected chi connectivity index (χ3v) is 16.6. The molecule has 4 aliphatic carbocycles. The highest BCUT2D eigenvalue weighted by atomic mass is 16.4. The van der Waals surface area contributed by atoms with Gasteiger partial charge in [0.05, 0.1) is 11.1 Å². The molecule has 68 heavy (non-hydrogen) atoms. The Labute approximate surface area is 393 Å². The van der Waals surface area contributed by atoms with E-state index in [0.717, 1.165) is 66.7 Å². The van der Waals surface area contributed by atoms with Gasteiger partial charge in [-0.25, -0.2) is 9.97 Å². The van der Waals surface area contributed by atoms with Crippen LogP contribution >= 0.6 is 0 Å². The van der Waals surface area contributed by atoms with Crippen molar-refractivity contribution in [2.75, 3.05) is 0 Å². The molecule has 4 nitrogen and oxygen atoms in total. The van der Waals surface area contributed by atoms with Crippen molar-refractivity contribution in [3.63, 3.8) is 0 Å². The number of oxazole rings is 2. The lowest BCUT2D eigenvalue weighted by Gasteiger charge is -2.62. The molecule has 10 aromatic carbocycles. The molecule has 0 radical (unpaired) electrons. The van der Waals surface area contributed by atoms with E-state index in [-0.39, 0.29) is 5.41 Å². The van der Waals surface area contributed by atoms with Gasteiger partial charge in [-0.05, 0) is 157 Å². The van der Waals surface area contributed by atoms with Crippen LogP contribution in [0.4, 0.5) is 0 Å². The van der Waals surface area contributed by atoms with Gasteiger partial charge in [0.15, 0.2) is 11.2 Å². The molecule has 0 N–H and O–H groups in total. The Kier molecular flexibility index (Phi) is 8.22. The molecule has 2 aromatic heterocycles. The van der Waals surface area contributed by atoms with Crippen LogP contribution in [-0.2, 0) is 5.41 Å². The first kappa shape index (κ1) is 38.3. The molecule has 4 bridgehead atoms. The van der Waals surface area contributed by atoms with E-state index in [1.165, 1.54) is 87.0 Å². The molecule has 4 saturated carbocycles. The molecule has 2 heterocycles. The fourth-order valence-corrected chi connectivity index (χ4v) is 14.2. The molecule has 324 valence electrons. The molecule has 0 saturated heterocycles. The highest BCUT2D eigenvalue weighted by Crippen LogP contribution is 2.65. The average molecular weight is 875 g/mol. The number of nitrogens with zero attached hydrogens (tertiary/aromatic N) is 2. The van der Waals surface area contributed by atoms with Gasteiger partial charge in [0.2, 0.25) is 11.8 Å². The van der Waals surface area contributed by atoms with Crippen LogP contribution in [0.3, 0.4) is 0 Å². The molecule has 16 rings (SSSR count). The molecule has 0 atom stereocenters. The molecule has 4 fully saturated rings. The van der Waals surface area contributed by atoms with Gasteiger partial charge in [0.25, 0.3) is 0 Å². The summed E-state index contributed by atoms with van der Waals surface area (Å²) in [7, 11) is 0. The van der Waals surface area contributed by atoms with Crippen molar-refractivity contribution >= 4 is 65.3 Å². The number of hydrogen-bond donors (Lipinski definition) is 0. The fourth-order valence-electron chi connectivity index (χ4n) is 14.2. The highest BCUT2D eigenvalue weighted by molar-refractivity contribution is 6.22. The maximum atomic E-state index is 6.48. The van der Waals surface area contributed by atoms with E-state index in [1.807, 2.05) is 48.5 Å². The summed E-state index contributed by atoms with van der Waals surface area (Å²) >= 11 is 0. The summed E-state index contributed by atoms with van der Waals surface area (Å²) < 4.78 is 13.0. The second kappa shape index (κ2) is 14.6. The highest BCUT2D eigenvalue weighted by Gasteiger charge is 2.58. The second-order valence-corrected chi connectivity index (χ2v) is 20.0. The third kappa shape index (κ3) is 5.49. The van der Waals surface area contributed by atoms with Gasteiger partial charge < -0.3 is 8.83 Å². The van der Waals surface area contributed by atoms with Crippen LogP contribution in [0.25, 0.3) is 110 Å². The molecule has 0 amide bonds. The van der Waals surface area contributed by atoms with Crippen molar-refractivity contribution in [1.29, 1.82) is 0 Å². The topological polar surface area (TPSA) is 52.1 Å². The maximum absolute atomic E-state index is 6.48. The van der Waals surface area contributed by atoms with Crippen LogP contribution < -0.4 is 0 Å². The fraction of sp³-hybridized carbons (Fsp3) is 0.156. The summed E-state index contributed by atoms with van der Waals surface area (Å²) in [5, 5.41) is 9.42. The Balaban J connectivity index is 0.877. The van der Waals surface area contributed by atoms with Crippen LogP contribution in [0.2, 0.25) is 0 Å². The minimum atomic E-state index is -0.0492. The van der Waals surface area contributed by atoms with Crippen molar-refractivity contribution in [2.45, 2.75) is 37.5 Å². The van der Waals surface area contributed by atoms with Crippen LogP contribution in [0.15, 0.2) is 203 Å². The van der Waals surface area contributed by atoms with Crippen molar-refractivity contribution in [1.82, 2.24) is 9.97 Å². The van der Waals surface area contributed by atoms with Gasteiger partial charge in [-0.3, -0.25) is 0 Å². The van der Waals surface area contributed by atoms with Gasteiger partial charge in [0, 0.05) is 5.41 Å². The van der Waals surface area contributed by atoms with Crippen LogP contribution in [0, 0.1) is 23.7 Å². The molecule has 0 aliphatic heterocycles. The Morgan fingerprint density at radius 2 is 0.632 bits per heavy atom. The molecule has 12 aromatic rings. The smallest absolute Gasteiger partial charge is 0.228 e. The largest absolute Gasteiger partial charge is 0.436 e. The van der Waals surface area contributed by atoms with Crippen molar-refractivity contribution < 1.29 is 8.83 Å². The summed E-state index contributed by atoms with van der Waals surface area (Å²) in [5.74, 6) is 4.25. The third-order valence-electron chi connectivity index (χ3n) is 16.6. The zero-order valence-corrected chi connectivity index (χ0v) is 37.5. The Morgan fingerprint density at radius 3 is 0.971 bits per heavy atom. The van der Waals surface area contributed by atoms with Gasteiger partial charge in [-0.2, -0.15) is 0 Å². The first-order valence-corrected chi connectivity index (χ1v) is 24.5. The predicted octanol–water partition coefficient (Wildman–Crippen LogP) is 17.0. The second-order valence-electron chi connectivity index (χ2n) is 20.0. The molecule has 4 aliphatic rings. The van der Waals surface area contributed by atoms with Crippen LogP contribution in [-0.4, -0.2) is 9.97 Å². The first-order chi connectivity index (χ1) is 33.7. The standard InChI is InChI=1S/C64H46N2O2/c1-5-17-50-46(13-1)58(47-14-2-6-18-51(47)60(50)62-65-54-21-9-11-23-56(54)67-62)40-25-29-42(30-26-40)64(44-34-38-33-39(36-44)37-45(64)35-38)43-31-27-41(28-32-43)59-48-15-3-7-19-52(48)61(53-20-8-4-16-49(53)59)63-66-55-22-10-12-24-57(55)68-63/h1-32,38-39,44-45H,33-37H2. The predicted molar refractivity (Wildman–Crippen MR) is 278 cm³/mol. The lowest BCUT2D eigenvalue weighted by Crippen LogP contribution is -2.56. The number of aromatic nitrogens is 2. The summed E-state index contributed by atoms with van der Waals surface area (Å²) in [5.41, 5.74) is 13.3. The molecular formula is C64H46N2O2.